The van der Waals surface area contributed by atoms with E-state index >= 15 is 0 Å². The molecule has 0 bridgehead atoms. The van der Waals surface area contributed by atoms with Gasteiger partial charge in [-0.25, -0.2) is 4.79 Å². The molecule has 1 N–H and O–H groups in total. The van der Waals surface area contributed by atoms with Crippen LogP contribution in [0.25, 0.3) is 0 Å². The molecule has 4 nitrogen and oxygen atoms in total. The van der Waals surface area contributed by atoms with Crippen molar-refractivity contribution in [3.63, 3.8) is 0 Å². The van der Waals surface area contributed by atoms with Crippen molar-refractivity contribution in [1.29, 1.82) is 0 Å². The van der Waals surface area contributed by atoms with E-state index in [1.807, 2.05) is 6.92 Å². The molecule has 4 heteroatoms. The molecule has 0 aliphatic heterocycles. The summed E-state index contributed by atoms with van der Waals surface area (Å²) >= 11 is 0. The van der Waals surface area contributed by atoms with Crippen LogP contribution in [0.5, 0.6) is 5.75 Å². The molecule has 100 valence electrons. The Hall–Kier alpha value is -1.55. The molecule has 0 heterocycles. The van der Waals surface area contributed by atoms with Gasteiger partial charge in [-0.05, 0) is 37.6 Å². The van der Waals surface area contributed by atoms with Crippen molar-refractivity contribution in [2.24, 2.45) is 0 Å². The summed E-state index contributed by atoms with van der Waals surface area (Å²) in [4.78, 5) is 10.6. The van der Waals surface area contributed by atoms with E-state index in [1.165, 1.54) is 12.1 Å². The molecule has 0 radical (unpaired) electrons. The Morgan fingerprint density at radius 1 is 1.28 bits per heavy atom. The van der Waals surface area contributed by atoms with Gasteiger partial charge < -0.3 is 14.6 Å². The average Bonchev–Trinajstić information content (AvgIpc) is 2.35. The second kappa shape index (κ2) is 7.71. The minimum absolute atomic E-state index is 0.257. The van der Waals surface area contributed by atoms with Crippen molar-refractivity contribution >= 4 is 5.97 Å². The van der Waals surface area contributed by atoms with Crippen molar-refractivity contribution in [3.8, 4) is 5.75 Å². The van der Waals surface area contributed by atoms with Crippen LogP contribution in [-0.2, 0) is 4.74 Å². The Kier molecular flexibility index (Phi) is 6.22. The van der Waals surface area contributed by atoms with E-state index in [1.54, 1.807) is 12.1 Å². The van der Waals surface area contributed by atoms with Crippen LogP contribution in [0.1, 0.15) is 37.0 Å². The van der Waals surface area contributed by atoms with Crippen LogP contribution in [-0.4, -0.2) is 30.4 Å². The highest BCUT2D eigenvalue weighted by atomic mass is 16.5. The lowest BCUT2D eigenvalue weighted by Crippen LogP contribution is -2.14. The van der Waals surface area contributed by atoms with Gasteiger partial charge in [0.15, 0.2) is 0 Å². The highest BCUT2D eigenvalue weighted by molar-refractivity contribution is 5.87. The monoisotopic (exact) mass is 252 g/mol. The van der Waals surface area contributed by atoms with E-state index in [0.717, 1.165) is 12.8 Å². The van der Waals surface area contributed by atoms with E-state index < -0.39 is 5.97 Å². The first-order chi connectivity index (χ1) is 8.63. The third-order valence-electron chi connectivity index (χ3n) is 2.55. The lowest BCUT2D eigenvalue weighted by atomic mass is 10.2. The quantitative estimate of drug-likeness (QED) is 0.723. The predicted molar refractivity (Wildman–Crippen MR) is 69.2 cm³/mol. The molecule has 0 aromatic heterocycles. The Morgan fingerprint density at radius 3 is 2.50 bits per heavy atom. The lowest BCUT2D eigenvalue weighted by molar-refractivity contribution is 0.0395. The standard InChI is InChI=1S/C14H20O4/c1-3-4-11(2)17-9-10-18-13-7-5-12(6-8-13)14(15)16/h5-8,11H,3-4,9-10H2,1-2H3,(H,15,16). The molecule has 0 fully saturated rings. The van der Waals surface area contributed by atoms with E-state index in [0.29, 0.717) is 19.0 Å². The number of rotatable bonds is 8. The zero-order valence-corrected chi connectivity index (χ0v) is 10.9. The fourth-order valence-electron chi connectivity index (χ4n) is 1.59. The van der Waals surface area contributed by atoms with Gasteiger partial charge in [-0.15, -0.1) is 0 Å². The minimum Gasteiger partial charge on any atom is -0.491 e. The molecule has 18 heavy (non-hydrogen) atoms. The van der Waals surface area contributed by atoms with Crippen molar-refractivity contribution in [2.75, 3.05) is 13.2 Å². The highest BCUT2D eigenvalue weighted by Crippen LogP contribution is 2.12. The summed E-state index contributed by atoms with van der Waals surface area (Å²) in [7, 11) is 0. The second-order valence-electron chi connectivity index (χ2n) is 4.15. The summed E-state index contributed by atoms with van der Waals surface area (Å²) in [6.07, 6.45) is 2.42. The number of benzene rings is 1. The number of aromatic carboxylic acids is 1. The number of hydrogen-bond acceptors (Lipinski definition) is 3. The largest absolute Gasteiger partial charge is 0.491 e. The van der Waals surface area contributed by atoms with Crippen molar-refractivity contribution in [1.82, 2.24) is 0 Å². The van der Waals surface area contributed by atoms with Crippen LogP contribution in [0.2, 0.25) is 0 Å². The number of ether oxygens (including phenoxy) is 2. The number of carbonyl (C=O) groups is 1. The topological polar surface area (TPSA) is 55.8 Å². The summed E-state index contributed by atoms with van der Waals surface area (Å²) in [5.41, 5.74) is 0.259. The molecule has 0 spiro atoms. The SMILES string of the molecule is CCCC(C)OCCOc1ccc(C(=O)O)cc1. The fourth-order valence-corrected chi connectivity index (χ4v) is 1.59. The van der Waals surface area contributed by atoms with Crippen LogP contribution >= 0.6 is 0 Å². The fraction of sp³-hybridized carbons (Fsp3) is 0.500. The van der Waals surface area contributed by atoms with E-state index in [9.17, 15) is 4.79 Å². The van der Waals surface area contributed by atoms with Gasteiger partial charge in [0.05, 0.1) is 18.3 Å². The third-order valence-corrected chi connectivity index (χ3v) is 2.55. The summed E-state index contributed by atoms with van der Waals surface area (Å²) in [5.74, 6) is -0.273. The van der Waals surface area contributed by atoms with Gasteiger partial charge in [0.25, 0.3) is 0 Å². The van der Waals surface area contributed by atoms with Crippen LogP contribution in [0.4, 0.5) is 0 Å². The van der Waals surface area contributed by atoms with Gasteiger partial charge in [0.1, 0.15) is 12.4 Å². The van der Waals surface area contributed by atoms with Crippen LogP contribution in [0.3, 0.4) is 0 Å². The van der Waals surface area contributed by atoms with Gasteiger partial charge in [0, 0.05) is 0 Å². The molecule has 1 atom stereocenters. The highest BCUT2D eigenvalue weighted by Gasteiger charge is 2.03. The van der Waals surface area contributed by atoms with Gasteiger partial charge in [-0.1, -0.05) is 13.3 Å². The zero-order chi connectivity index (χ0) is 13.4. The van der Waals surface area contributed by atoms with Gasteiger partial charge in [-0.3, -0.25) is 0 Å². The number of carboxylic acid groups (broad SMARTS) is 1. The maximum Gasteiger partial charge on any atom is 0.335 e. The molecule has 1 rings (SSSR count). The first-order valence-corrected chi connectivity index (χ1v) is 6.21. The Labute approximate surface area is 108 Å². The smallest absolute Gasteiger partial charge is 0.335 e. The molecule has 0 aliphatic rings. The first kappa shape index (κ1) is 14.5. The Balaban J connectivity index is 2.25. The summed E-state index contributed by atoms with van der Waals surface area (Å²) in [5, 5.41) is 8.74. The molecule has 1 aromatic rings. The van der Waals surface area contributed by atoms with E-state index in [2.05, 4.69) is 6.92 Å². The van der Waals surface area contributed by atoms with Crippen LogP contribution in [0.15, 0.2) is 24.3 Å². The molecule has 0 saturated carbocycles. The molecule has 1 unspecified atom stereocenters. The summed E-state index contributed by atoms with van der Waals surface area (Å²) in [6.45, 7) is 5.19. The maximum atomic E-state index is 10.6. The Morgan fingerprint density at radius 2 is 1.94 bits per heavy atom. The Bertz CT molecular complexity index is 359. The molecular weight excluding hydrogens is 232 g/mol. The number of carboxylic acids is 1. The molecule has 0 saturated heterocycles. The third kappa shape index (κ3) is 5.19. The van der Waals surface area contributed by atoms with Gasteiger partial charge in [0.2, 0.25) is 0 Å². The molecular formula is C14H20O4. The summed E-state index contributed by atoms with van der Waals surface area (Å²) < 4.78 is 11.0. The van der Waals surface area contributed by atoms with E-state index in [-0.39, 0.29) is 11.7 Å². The van der Waals surface area contributed by atoms with Crippen molar-refractivity contribution in [2.45, 2.75) is 32.8 Å². The number of hydrogen-bond donors (Lipinski definition) is 1. The molecule has 1 aromatic carbocycles. The van der Waals surface area contributed by atoms with Gasteiger partial charge in [-0.2, -0.15) is 0 Å². The first-order valence-electron chi connectivity index (χ1n) is 6.21. The lowest BCUT2D eigenvalue weighted by Gasteiger charge is -2.12. The maximum absolute atomic E-state index is 10.6. The summed E-state index contributed by atoms with van der Waals surface area (Å²) in [6, 6.07) is 6.36. The van der Waals surface area contributed by atoms with E-state index in [4.69, 9.17) is 14.6 Å². The van der Waals surface area contributed by atoms with Crippen LogP contribution in [0, 0.1) is 0 Å². The zero-order valence-electron chi connectivity index (χ0n) is 10.9. The normalized spacial score (nSPS) is 12.1. The predicted octanol–water partition coefficient (Wildman–Crippen LogP) is 2.97. The molecule has 0 amide bonds. The van der Waals surface area contributed by atoms with Crippen molar-refractivity contribution < 1.29 is 19.4 Å². The van der Waals surface area contributed by atoms with Crippen LogP contribution < -0.4 is 4.74 Å². The minimum atomic E-state index is -0.932. The van der Waals surface area contributed by atoms with Crippen molar-refractivity contribution in [3.05, 3.63) is 29.8 Å². The van der Waals surface area contributed by atoms with Gasteiger partial charge >= 0.3 is 5.97 Å². The average molecular weight is 252 g/mol. The second-order valence-corrected chi connectivity index (χ2v) is 4.15. The molecule has 0 aliphatic carbocycles.